The van der Waals surface area contributed by atoms with Crippen molar-refractivity contribution in [1.29, 1.82) is 0 Å². The fourth-order valence-electron chi connectivity index (χ4n) is 7.37. The van der Waals surface area contributed by atoms with Gasteiger partial charge in [-0.2, -0.15) is 25.7 Å². The summed E-state index contributed by atoms with van der Waals surface area (Å²) in [6, 6.07) is 39.7. The third-order valence-electron chi connectivity index (χ3n) is 10.4. The van der Waals surface area contributed by atoms with Crippen LogP contribution in [0.25, 0.3) is 32.7 Å². The number of ether oxygens (including phenoxy) is 8. The van der Waals surface area contributed by atoms with Crippen LogP contribution < -0.4 is 28.4 Å². The van der Waals surface area contributed by atoms with Crippen molar-refractivity contribution in [3.63, 3.8) is 0 Å². The van der Waals surface area contributed by atoms with Gasteiger partial charge in [-0.15, -0.1) is 0 Å². The predicted octanol–water partition coefficient (Wildman–Crippen LogP) is 11.5. The van der Waals surface area contributed by atoms with Gasteiger partial charge in [0, 0.05) is 76.5 Å². The van der Waals surface area contributed by atoms with Crippen molar-refractivity contribution >= 4 is 21.5 Å². The predicted molar refractivity (Wildman–Crippen MR) is 218 cm³/mol. The molecular weight excluding hydrogens is 882 g/mol. The molecule has 0 aliphatic heterocycles. The second kappa shape index (κ2) is 23.0. The molecule has 58 heavy (non-hydrogen) atoms. The molecule has 0 saturated heterocycles. The molecule has 10 heteroatoms. The van der Waals surface area contributed by atoms with E-state index in [0.29, 0.717) is 23.0 Å². The molecule has 2 aliphatic rings. The zero-order valence-corrected chi connectivity index (χ0v) is 38.4. The molecule has 0 spiro atoms. The quantitative estimate of drug-likeness (QED) is 0.0662. The number of fused-ring (bicyclic) bond motifs is 2. The van der Waals surface area contributed by atoms with Crippen LogP contribution in [0.3, 0.4) is 0 Å². The molecule has 6 aromatic carbocycles. The summed E-state index contributed by atoms with van der Waals surface area (Å²) in [6.07, 6.45) is 13.8. The first-order valence-electron chi connectivity index (χ1n) is 19.6. The summed E-state index contributed by atoms with van der Waals surface area (Å²) in [5.41, 5.74) is 1.82. The van der Waals surface area contributed by atoms with E-state index in [4.69, 9.17) is 37.9 Å². The molecule has 0 amide bonds. The van der Waals surface area contributed by atoms with Crippen molar-refractivity contribution in [2.45, 2.75) is 63.6 Å². The van der Waals surface area contributed by atoms with Gasteiger partial charge >= 0.3 is 0 Å². The Hall–Kier alpha value is -3.23. The zero-order chi connectivity index (χ0) is 37.8. The average Bonchev–Trinajstić information content (AvgIpc) is 3.25. The van der Waals surface area contributed by atoms with Crippen molar-refractivity contribution < 1.29 is 103 Å². The topological polar surface area (TPSA) is 73.8 Å². The zero-order valence-electron chi connectivity index (χ0n) is 32.8. The van der Waals surface area contributed by atoms with Crippen molar-refractivity contribution in [3.8, 4) is 45.6 Å². The maximum absolute atomic E-state index is 6.43. The fourth-order valence-corrected chi connectivity index (χ4v) is 7.37. The van der Waals surface area contributed by atoms with E-state index >= 15 is 0 Å². The van der Waals surface area contributed by atoms with E-state index in [1.807, 2.05) is 84.9 Å². The molecule has 296 valence electrons. The monoisotopic (exact) mass is 930 g/mol. The molecule has 0 atom stereocenters. The molecule has 0 bridgehead atoms. The Balaban J connectivity index is 0.00000283. The average molecular weight is 931 g/mol. The molecule has 0 N–H and O–H groups in total. The van der Waals surface area contributed by atoms with Gasteiger partial charge in [0.2, 0.25) is 13.6 Å². The number of hydrogen-bond acceptors (Lipinski definition) is 8. The van der Waals surface area contributed by atoms with Crippen LogP contribution in [0.2, 0.25) is 0 Å². The van der Waals surface area contributed by atoms with Gasteiger partial charge in [0.15, 0.2) is 13.6 Å². The first-order chi connectivity index (χ1) is 27.8. The summed E-state index contributed by atoms with van der Waals surface area (Å²) in [7, 11) is 0. The van der Waals surface area contributed by atoms with Crippen LogP contribution in [0, 0.1) is 12.8 Å². The molecule has 2 aliphatic carbocycles. The van der Waals surface area contributed by atoms with E-state index < -0.39 is 0 Å². The van der Waals surface area contributed by atoms with E-state index in [0.717, 1.165) is 95.5 Å². The van der Waals surface area contributed by atoms with Gasteiger partial charge in [-0.05, 0) is 82.2 Å². The van der Waals surface area contributed by atoms with E-state index in [9.17, 15) is 0 Å². The molecular formula is C48H48O8Y2-2. The molecule has 8 nitrogen and oxygen atoms in total. The van der Waals surface area contributed by atoms with Crippen LogP contribution >= 0.6 is 0 Å². The minimum absolute atomic E-state index is 0. The van der Waals surface area contributed by atoms with Gasteiger partial charge in [0.25, 0.3) is 0 Å². The number of benzene rings is 6. The van der Waals surface area contributed by atoms with Crippen LogP contribution in [-0.4, -0.2) is 39.4 Å². The molecule has 6 aromatic rings. The SMILES string of the molecule is [Y].[Y].c1ccc2c(-c3c(OCOc4ccc(OCOC5CC[CH-]CC5)cc4)ccc4ccccc34)c(OCOc3ccc(OCOC4CC[CH-]CC4)cc3)ccc2c1. The van der Waals surface area contributed by atoms with E-state index in [2.05, 4.69) is 49.2 Å². The van der Waals surface area contributed by atoms with Crippen molar-refractivity contribution in [3.05, 3.63) is 134 Å². The molecule has 8 rings (SSSR count). The van der Waals surface area contributed by atoms with Gasteiger partial charge in [-0.3, -0.25) is 0 Å². The standard InChI is InChI=1S/C48H48O8.2Y/c1-3-13-37(14-4-1)49-31-51-39-21-25-41(26-22-39)53-33-55-45-29-19-35-11-7-9-17-43(35)47(45)48-44-18-10-8-12-36(44)20-30-46(48)56-34-54-42-27-23-40(24-28-42)52-32-50-38-15-5-2-6-16-38;;/h1-2,7-12,17-30,37-38H,3-6,13-16,31-34H2;;/q-2;;. The Morgan fingerprint density at radius 2 is 0.724 bits per heavy atom. The smallest absolute Gasteiger partial charge is 0.230 e. The van der Waals surface area contributed by atoms with Crippen molar-refractivity contribution in [1.82, 2.24) is 0 Å². The Bertz CT molecular complexity index is 1990. The van der Waals surface area contributed by atoms with Crippen LogP contribution in [0.1, 0.15) is 51.4 Å². The minimum Gasteiger partial charge on any atom is -0.468 e. The first kappa shape index (κ1) is 44.3. The molecule has 0 aromatic heterocycles. The normalized spacial score (nSPS) is 14.6. The third kappa shape index (κ3) is 12.0. The summed E-state index contributed by atoms with van der Waals surface area (Å²) in [6.45, 7) is 0.483. The van der Waals surface area contributed by atoms with Gasteiger partial charge in [0.05, 0.1) is 12.2 Å². The fraction of sp³-hybridized carbons (Fsp3) is 0.292. The molecule has 2 saturated carbocycles. The number of rotatable bonds is 17. The molecule has 2 radical (unpaired) electrons. The van der Waals surface area contributed by atoms with Crippen molar-refractivity contribution in [2.75, 3.05) is 27.2 Å². The van der Waals surface area contributed by atoms with Crippen LogP contribution in [0.15, 0.2) is 121 Å². The Morgan fingerprint density at radius 1 is 0.379 bits per heavy atom. The Morgan fingerprint density at radius 3 is 1.10 bits per heavy atom. The van der Waals surface area contributed by atoms with Crippen LogP contribution in [0.4, 0.5) is 0 Å². The van der Waals surface area contributed by atoms with Crippen molar-refractivity contribution in [2.24, 2.45) is 0 Å². The minimum atomic E-state index is 0. The van der Waals surface area contributed by atoms with Gasteiger partial charge < -0.3 is 50.7 Å². The molecule has 0 unspecified atom stereocenters. The van der Waals surface area contributed by atoms with Gasteiger partial charge in [-0.25, -0.2) is 0 Å². The summed E-state index contributed by atoms with van der Waals surface area (Å²) in [5.74, 6) is 4.13. The summed E-state index contributed by atoms with van der Waals surface area (Å²) in [5, 5.41) is 4.22. The van der Waals surface area contributed by atoms with E-state index in [1.54, 1.807) is 0 Å². The van der Waals surface area contributed by atoms with Crippen LogP contribution in [0.5, 0.6) is 34.5 Å². The van der Waals surface area contributed by atoms with E-state index in [-0.39, 0.29) is 105 Å². The number of hydrogen-bond donors (Lipinski definition) is 0. The molecule has 2 fully saturated rings. The summed E-state index contributed by atoms with van der Waals surface area (Å²) >= 11 is 0. The first-order valence-corrected chi connectivity index (χ1v) is 19.6. The summed E-state index contributed by atoms with van der Waals surface area (Å²) in [4.78, 5) is 0. The maximum atomic E-state index is 6.43. The second-order valence-electron chi connectivity index (χ2n) is 14.1. The van der Waals surface area contributed by atoms with E-state index in [1.165, 1.54) is 0 Å². The Labute approximate surface area is 391 Å². The largest absolute Gasteiger partial charge is 0.468 e. The Kier molecular flexibility index (Phi) is 17.5. The van der Waals surface area contributed by atoms with Crippen LogP contribution in [-0.2, 0) is 74.9 Å². The molecule has 0 heterocycles. The third-order valence-corrected chi connectivity index (χ3v) is 10.4. The summed E-state index contributed by atoms with van der Waals surface area (Å²) < 4.78 is 48.5. The maximum Gasteiger partial charge on any atom is 0.230 e. The van der Waals surface area contributed by atoms with Gasteiger partial charge in [-0.1, -0.05) is 86.3 Å². The second-order valence-corrected chi connectivity index (χ2v) is 14.1. The van der Waals surface area contributed by atoms with Gasteiger partial charge in [0.1, 0.15) is 34.5 Å².